The number of carbonyl (C=O) groups excluding carboxylic acids is 2. The Kier molecular flexibility index (Phi) is 6.92. The molecule has 0 aliphatic carbocycles. The third kappa shape index (κ3) is 5.22. The first-order valence-electron chi connectivity index (χ1n) is 9.95. The van der Waals surface area contributed by atoms with Crippen molar-refractivity contribution in [3.05, 3.63) is 54.1 Å². The van der Waals surface area contributed by atoms with Crippen molar-refractivity contribution < 1.29 is 23.6 Å². The van der Waals surface area contributed by atoms with Crippen LogP contribution in [0.1, 0.15) is 31.1 Å². The van der Waals surface area contributed by atoms with Crippen molar-refractivity contribution in [1.82, 2.24) is 5.16 Å². The Bertz CT molecular complexity index is 1060. The van der Waals surface area contributed by atoms with E-state index in [1.807, 2.05) is 19.9 Å². The highest BCUT2D eigenvalue weighted by Gasteiger charge is 2.19. The molecule has 1 aromatic heterocycles. The van der Waals surface area contributed by atoms with Crippen LogP contribution in [0.2, 0.25) is 0 Å². The lowest BCUT2D eigenvalue weighted by molar-refractivity contribution is -0.114. The van der Waals surface area contributed by atoms with E-state index in [1.165, 1.54) is 14.0 Å². The van der Waals surface area contributed by atoms with Crippen molar-refractivity contribution in [1.29, 1.82) is 0 Å². The van der Waals surface area contributed by atoms with Crippen LogP contribution in [0, 0.1) is 0 Å². The Morgan fingerprint density at radius 3 is 2.39 bits per heavy atom. The SMILES string of the molecule is CCN(CC)c1cc(-c2ccc(OC)cc2OC(=O)c2ccc(NC(C)=O)cc2)on1. The number of hydrogen-bond donors (Lipinski definition) is 1. The zero-order valence-corrected chi connectivity index (χ0v) is 18.0. The fourth-order valence-electron chi connectivity index (χ4n) is 3.06. The van der Waals surface area contributed by atoms with E-state index >= 15 is 0 Å². The van der Waals surface area contributed by atoms with Crippen molar-refractivity contribution in [2.75, 3.05) is 30.4 Å². The molecule has 0 aliphatic heterocycles. The number of rotatable bonds is 8. The average molecular weight is 423 g/mol. The highest BCUT2D eigenvalue weighted by atomic mass is 16.5. The molecule has 0 atom stereocenters. The van der Waals surface area contributed by atoms with Crippen LogP contribution >= 0.6 is 0 Å². The van der Waals surface area contributed by atoms with Crippen molar-refractivity contribution in [3.63, 3.8) is 0 Å². The summed E-state index contributed by atoms with van der Waals surface area (Å²) in [5.74, 6) is 1.28. The van der Waals surface area contributed by atoms with E-state index < -0.39 is 5.97 Å². The summed E-state index contributed by atoms with van der Waals surface area (Å²) in [5.41, 5.74) is 1.51. The van der Waals surface area contributed by atoms with Crippen LogP contribution in [-0.2, 0) is 4.79 Å². The number of ether oxygens (including phenoxy) is 2. The summed E-state index contributed by atoms with van der Waals surface area (Å²) in [5, 5.41) is 6.79. The number of methoxy groups -OCH3 is 1. The zero-order chi connectivity index (χ0) is 22.4. The highest BCUT2D eigenvalue weighted by molar-refractivity contribution is 5.94. The molecule has 1 heterocycles. The summed E-state index contributed by atoms with van der Waals surface area (Å²) in [6.45, 7) is 7.08. The summed E-state index contributed by atoms with van der Waals surface area (Å²) in [4.78, 5) is 25.9. The maximum atomic E-state index is 12.7. The zero-order valence-electron chi connectivity index (χ0n) is 18.0. The van der Waals surface area contributed by atoms with Gasteiger partial charge in [-0.3, -0.25) is 4.79 Å². The first-order chi connectivity index (χ1) is 14.9. The number of hydrogen-bond acceptors (Lipinski definition) is 7. The van der Waals surface area contributed by atoms with Gasteiger partial charge in [-0.1, -0.05) is 5.16 Å². The minimum absolute atomic E-state index is 0.188. The molecule has 1 N–H and O–H groups in total. The number of esters is 1. The Morgan fingerprint density at radius 2 is 1.77 bits per heavy atom. The summed E-state index contributed by atoms with van der Waals surface area (Å²) in [6.07, 6.45) is 0. The molecule has 162 valence electrons. The second-order valence-corrected chi connectivity index (χ2v) is 6.73. The van der Waals surface area contributed by atoms with Crippen LogP contribution in [0.4, 0.5) is 11.5 Å². The minimum Gasteiger partial charge on any atom is -0.497 e. The summed E-state index contributed by atoms with van der Waals surface area (Å²) in [7, 11) is 1.54. The van der Waals surface area contributed by atoms with Gasteiger partial charge in [-0.05, 0) is 50.2 Å². The summed E-state index contributed by atoms with van der Waals surface area (Å²) >= 11 is 0. The summed E-state index contributed by atoms with van der Waals surface area (Å²) in [6, 6.07) is 13.4. The van der Waals surface area contributed by atoms with E-state index in [2.05, 4.69) is 15.4 Å². The molecule has 0 fully saturated rings. The van der Waals surface area contributed by atoms with E-state index in [4.69, 9.17) is 14.0 Å². The van der Waals surface area contributed by atoms with Crippen LogP contribution in [0.5, 0.6) is 11.5 Å². The van der Waals surface area contributed by atoms with Crippen molar-refractivity contribution >= 4 is 23.4 Å². The fraction of sp³-hybridized carbons (Fsp3) is 0.261. The molecule has 0 saturated heterocycles. The third-order valence-corrected chi connectivity index (χ3v) is 4.68. The molecule has 8 nitrogen and oxygen atoms in total. The largest absolute Gasteiger partial charge is 0.497 e. The molecule has 8 heteroatoms. The standard InChI is InChI=1S/C23H25N3O5/c1-5-26(6-2)22-14-21(31-25-22)19-12-11-18(29-4)13-20(19)30-23(28)16-7-9-17(10-8-16)24-15(3)27/h7-14H,5-6H2,1-4H3,(H,24,27). The number of nitrogens with one attached hydrogen (secondary N) is 1. The third-order valence-electron chi connectivity index (χ3n) is 4.68. The monoisotopic (exact) mass is 423 g/mol. The molecule has 0 aliphatic rings. The number of aromatic nitrogens is 1. The second-order valence-electron chi connectivity index (χ2n) is 6.73. The van der Waals surface area contributed by atoms with Gasteiger partial charge < -0.3 is 24.2 Å². The molecule has 0 saturated carbocycles. The average Bonchev–Trinajstić information content (AvgIpc) is 3.24. The second kappa shape index (κ2) is 9.80. The van der Waals surface area contributed by atoms with Crippen LogP contribution in [-0.4, -0.2) is 37.2 Å². The van der Waals surface area contributed by atoms with Crippen molar-refractivity contribution in [2.24, 2.45) is 0 Å². The molecule has 31 heavy (non-hydrogen) atoms. The first-order valence-corrected chi connectivity index (χ1v) is 9.95. The van der Waals surface area contributed by atoms with Gasteiger partial charge in [-0.25, -0.2) is 4.79 Å². The van der Waals surface area contributed by atoms with Crippen molar-refractivity contribution in [2.45, 2.75) is 20.8 Å². The summed E-state index contributed by atoms with van der Waals surface area (Å²) < 4.78 is 16.5. The van der Waals surface area contributed by atoms with Gasteiger partial charge >= 0.3 is 5.97 Å². The lowest BCUT2D eigenvalue weighted by Crippen LogP contribution is -2.21. The number of carbonyl (C=O) groups is 2. The molecule has 1 amide bonds. The molecule has 0 spiro atoms. The number of amides is 1. The van der Waals surface area contributed by atoms with Gasteiger partial charge in [0.1, 0.15) is 11.5 Å². The van der Waals surface area contributed by atoms with E-state index in [0.717, 1.165) is 13.1 Å². The Morgan fingerprint density at radius 1 is 1.06 bits per heavy atom. The molecular formula is C23H25N3O5. The number of anilines is 2. The minimum atomic E-state index is -0.549. The number of benzene rings is 2. The van der Waals surface area contributed by atoms with Gasteiger partial charge in [0.05, 0.1) is 18.2 Å². The first kappa shape index (κ1) is 21.9. The molecule has 3 rings (SSSR count). The molecule has 2 aromatic carbocycles. The van der Waals surface area contributed by atoms with Crippen LogP contribution in [0.25, 0.3) is 11.3 Å². The Labute approximate surface area is 180 Å². The maximum absolute atomic E-state index is 12.7. The topological polar surface area (TPSA) is 93.9 Å². The Balaban J connectivity index is 1.88. The predicted molar refractivity (Wildman–Crippen MR) is 118 cm³/mol. The van der Waals surface area contributed by atoms with E-state index in [0.29, 0.717) is 34.1 Å². The normalized spacial score (nSPS) is 10.5. The predicted octanol–water partition coefficient (Wildman–Crippen LogP) is 4.37. The Hall–Kier alpha value is -3.81. The van der Waals surface area contributed by atoms with Gasteiger partial charge in [0.25, 0.3) is 0 Å². The van der Waals surface area contributed by atoms with Crippen LogP contribution < -0.4 is 19.7 Å². The van der Waals surface area contributed by atoms with Gasteiger partial charge in [0.15, 0.2) is 11.6 Å². The van der Waals surface area contributed by atoms with Gasteiger partial charge in [-0.15, -0.1) is 0 Å². The fourth-order valence-corrected chi connectivity index (χ4v) is 3.06. The molecule has 0 unspecified atom stereocenters. The lowest BCUT2D eigenvalue weighted by atomic mass is 10.1. The molecule has 0 radical (unpaired) electrons. The van der Waals surface area contributed by atoms with E-state index in [1.54, 1.807) is 42.5 Å². The molecule has 0 bridgehead atoms. The van der Waals surface area contributed by atoms with Crippen molar-refractivity contribution in [3.8, 4) is 22.8 Å². The maximum Gasteiger partial charge on any atom is 0.343 e. The smallest absolute Gasteiger partial charge is 0.343 e. The molecule has 3 aromatic rings. The van der Waals surface area contributed by atoms with Crippen LogP contribution in [0.3, 0.4) is 0 Å². The number of nitrogens with zero attached hydrogens (tertiary/aromatic N) is 2. The van der Waals surface area contributed by atoms with E-state index in [-0.39, 0.29) is 11.7 Å². The van der Waals surface area contributed by atoms with Gasteiger partial charge in [0.2, 0.25) is 5.91 Å². The quantitative estimate of drug-likeness (QED) is 0.425. The molecular weight excluding hydrogens is 398 g/mol. The van der Waals surface area contributed by atoms with Gasteiger partial charge in [-0.2, -0.15) is 0 Å². The highest BCUT2D eigenvalue weighted by Crippen LogP contribution is 2.35. The van der Waals surface area contributed by atoms with Crippen LogP contribution in [0.15, 0.2) is 53.1 Å². The lowest BCUT2D eigenvalue weighted by Gasteiger charge is -2.15. The van der Waals surface area contributed by atoms with Gasteiger partial charge in [0, 0.05) is 37.8 Å². The van der Waals surface area contributed by atoms with E-state index in [9.17, 15) is 9.59 Å².